The number of alkyl halides is 3. The average Bonchev–Trinajstić information content (AvgIpc) is 2.14. The maximum absolute atomic E-state index is 12.1. The van der Waals surface area contributed by atoms with Crippen molar-refractivity contribution in [3.63, 3.8) is 0 Å². The van der Waals surface area contributed by atoms with Crippen LogP contribution in [0.4, 0.5) is 19.1 Å². The van der Waals surface area contributed by atoms with Crippen molar-refractivity contribution in [2.45, 2.75) is 6.18 Å². The number of anilines is 1. The Morgan fingerprint density at radius 1 is 1.40 bits per heavy atom. The molecule has 1 aromatic rings. The highest BCUT2D eigenvalue weighted by atomic mass is 35.5. The molecular formula is C7H10ClF3N4. The van der Waals surface area contributed by atoms with Gasteiger partial charge in [0.15, 0.2) is 0 Å². The number of hydrogen-bond acceptors (Lipinski definition) is 4. The molecule has 15 heavy (non-hydrogen) atoms. The second-order valence-corrected chi connectivity index (χ2v) is 2.48. The van der Waals surface area contributed by atoms with Gasteiger partial charge in [-0.1, -0.05) is 0 Å². The minimum atomic E-state index is -4.44. The molecule has 1 heterocycles. The van der Waals surface area contributed by atoms with Crippen LogP contribution in [0.5, 0.6) is 0 Å². The molecule has 0 fully saturated rings. The van der Waals surface area contributed by atoms with E-state index in [-0.39, 0.29) is 18.4 Å². The van der Waals surface area contributed by atoms with E-state index >= 15 is 0 Å². The monoisotopic (exact) mass is 242 g/mol. The Hall–Kier alpha value is -1.08. The van der Waals surface area contributed by atoms with E-state index in [1.54, 1.807) is 0 Å². The topological polar surface area (TPSA) is 63.8 Å². The predicted molar refractivity (Wildman–Crippen MR) is 51.8 cm³/mol. The molecule has 0 aliphatic rings. The number of nitrogens with zero attached hydrogens (tertiary/aromatic N) is 2. The molecule has 0 aliphatic heterocycles. The molecule has 0 unspecified atom stereocenters. The molecule has 0 amide bonds. The summed E-state index contributed by atoms with van der Waals surface area (Å²) in [6.07, 6.45) is -3.39. The number of rotatable bonds is 3. The Kier molecular flexibility index (Phi) is 5.31. The summed E-state index contributed by atoms with van der Waals surface area (Å²) in [6.45, 7) is 0.640. The van der Waals surface area contributed by atoms with Gasteiger partial charge >= 0.3 is 6.18 Å². The summed E-state index contributed by atoms with van der Waals surface area (Å²) >= 11 is 0. The van der Waals surface area contributed by atoms with E-state index in [4.69, 9.17) is 5.73 Å². The van der Waals surface area contributed by atoms with Crippen molar-refractivity contribution in [2.24, 2.45) is 5.73 Å². The fraction of sp³-hybridized carbons (Fsp3) is 0.429. The Morgan fingerprint density at radius 3 is 2.60 bits per heavy atom. The third-order valence-electron chi connectivity index (χ3n) is 1.37. The van der Waals surface area contributed by atoms with Crippen molar-refractivity contribution in [1.82, 2.24) is 9.97 Å². The van der Waals surface area contributed by atoms with Gasteiger partial charge in [-0.3, -0.25) is 0 Å². The van der Waals surface area contributed by atoms with Gasteiger partial charge in [0, 0.05) is 19.3 Å². The highest BCUT2D eigenvalue weighted by Gasteiger charge is 2.32. The van der Waals surface area contributed by atoms with Crippen LogP contribution in [-0.4, -0.2) is 23.1 Å². The number of halogens is 4. The van der Waals surface area contributed by atoms with Gasteiger partial charge in [-0.05, 0) is 6.07 Å². The van der Waals surface area contributed by atoms with Crippen molar-refractivity contribution in [2.75, 3.05) is 18.4 Å². The van der Waals surface area contributed by atoms with Gasteiger partial charge in [-0.25, -0.2) is 9.97 Å². The molecule has 0 saturated heterocycles. The van der Waals surface area contributed by atoms with Gasteiger partial charge < -0.3 is 11.1 Å². The molecule has 4 nitrogen and oxygen atoms in total. The minimum Gasteiger partial charge on any atom is -0.353 e. The van der Waals surface area contributed by atoms with Gasteiger partial charge in [0.25, 0.3) is 0 Å². The molecule has 3 N–H and O–H groups in total. The molecule has 0 saturated carbocycles. The van der Waals surface area contributed by atoms with E-state index in [2.05, 4.69) is 15.3 Å². The van der Waals surface area contributed by atoms with Gasteiger partial charge in [-0.15, -0.1) is 12.4 Å². The van der Waals surface area contributed by atoms with Crippen LogP contribution in [0.3, 0.4) is 0 Å². The molecule has 0 spiro atoms. The van der Waals surface area contributed by atoms with Crippen molar-refractivity contribution in [1.29, 1.82) is 0 Å². The minimum absolute atomic E-state index is 0. The van der Waals surface area contributed by atoms with Gasteiger partial charge in [0.05, 0.1) is 0 Å². The van der Waals surface area contributed by atoms with E-state index in [1.807, 2.05) is 0 Å². The first-order chi connectivity index (χ1) is 6.54. The lowest BCUT2D eigenvalue weighted by molar-refractivity contribution is -0.141. The van der Waals surface area contributed by atoms with E-state index in [9.17, 15) is 13.2 Å². The highest BCUT2D eigenvalue weighted by molar-refractivity contribution is 5.85. The maximum Gasteiger partial charge on any atom is 0.433 e. The molecule has 1 rings (SSSR count). The molecule has 0 bridgehead atoms. The summed E-state index contributed by atoms with van der Waals surface area (Å²) < 4.78 is 36.4. The second-order valence-electron chi connectivity index (χ2n) is 2.48. The Labute approximate surface area is 90.5 Å². The first-order valence-corrected chi connectivity index (χ1v) is 3.88. The summed E-state index contributed by atoms with van der Waals surface area (Å²) in [6, 6.07) is 0.813. The van der Waals surface area contributed by atoms with Crippen molar-refractivity contribution in [3.05, 3.63) is 18.0 Å². The summed E-state index contributed by atoms with van der Waals surface area (Å²) in [5.41, 5.74) is 4.19. The standard InChI is InChI=1S/C7H9F3N4.ClH/c8-7(9,10)5-1-3-12-6(14-5)13-4-2-11;/h1,3H,2,4,11H2,(H,12,13,14);1H. The fourth-order valence-corrected chi connectivity index (χ4v) is 0.786. The highest BCUT2D eigenvalue weighted by Crippen LogP contribution is 2.27. The number of nitrogens with two attached hydrogens (primary N) is 1. The Bertz CT molecular complexity index is 305. The molecule has 86 valence electrons. The smallest absolute Gasteiger partial charge is 0.353 e. The molecule has 0 atom stereocenters. The molecule has 0 aromatic carbocycles. The third-order valence-corrected chi connectivity index (χ3v) is 1.37. The SMILES string of the molecule is Cl.NCCNc1nccc(C(F)(F)F)n1. The Balaban J connectivity index is 0.00000196. The van der Waals surface area contributed by atoms with Crippen LogP contribution in [-0.2, 0) is 6.18 Å². The van der Waals surface area contributed by atoms with Gasteiger partial charge in [0.1, 0.15) is 5.69 Å². The van der Waals surface area contributed by atoms with Crippen LogP contribution in [0, 0.1) is 0 Å². The van der Waals surface area contributed by atoms with Gasteiger partial charge in [-0.2, -0.15) is 13.2 Å². The van der Waals surface area contributed by atoms with Crippen LogP contribution in [0.25, 0.3) is 0 Å². The molecule has 0 radical (unpaired) electrons. The molecule has 0 aliphatic carbocycles. The molecule has 1 aromatic heterocycles. The average molecular weight is 243 g/mol. The lowest BCUT2D eigenvalue weighted by Gasteiger charge is -2.07. The lowest BCUT2D eigenvalue weighted by atomic mass is 10.4. The summed E-state index contributed by atoms with van der Waals surface area (Å²) in [5, 5.41) is 2.56. The van der Waals surface area contributed by atoms with Crippen LogP contribution in [0.1, 0.15) is 5.69 Å². The second kappa shape index (κ2) is 5.72. The largest absolute Gasteiger partial charge is 0.433 e. The van der Waals surface area contributed by atoms with E-state index in [0.29, 0.717) is 13.1 Å². The maximum atomic E-state index is 12.1. The van der Waals surface area contributed by atoms with Crippen molar-refractivity contribution >= 4 is 18.4 Å². The number of nitrogens with one attached hydrogen (secondary N) is 1. The van der Waals surface area contributed by atoms with Crippen molar-refractivity contribution < 1.29 is 13.2 Å². The summed E-state index contributed by atoms with van der Waals surface area (Å²) in [5.74, 6) is -0.0646. The van der Waals surface area contributed by atoms with E-state index < -0.39 is 11.9 Å². The van der Waals surface area contributed by atoms with E-state index in [1.165, 1.54) is 0 Å². The summed E-state index contributed by atoms with van der Waals surface area (Å²) in [4.78, 5) is 6.89. The van der Waals surface area contributed by atoms with Crippen LogP contribution in [0.2, 0.25) is 0 Å². The van der Waals surface area contributed by atoms with Crippen LogP contribution < -0.4 is 11.1 Å². The quantitative estimate of drug-likeness (QED) is 0.838. The fourth-order valence-electron chi connectivity index (χ4n) is 0.786. The molecular weight excluding hydrogens is 233 g/mol. The van der Waals surface area contributed by atoms with Crippen molar-refractivity contribution in [3.8, 4) is 0 Å². The molecule has 8 heteroatoms. The zero-order valence-electron chi connectivity index (χ0n) is 7.58. The Morgan fingerprint density at radius 2 is 2.07 bits per heavy atom. The predicted octanol–water partition coefficient (Wildman–Crippen LogP) is 1.29. The van der Waals surface area contributed by atoms with Crippen LogP contribution in [0.15, 0.2) is 12.3 Å². The van der Waals surface area contributed by atoms with E-state index in [0.717, 1.165) is 12.3 Å². The summed E-state index contributed by atoms with van der Waals surface area (Å²) in [7, 11) is 0. The normalized spacial score (nSPS) is 10.7. The number of hydrogen-bond donors (Lipinski definition) is 2. The zero-order chi connectivity index (χ0) is 10.6. The third kappa shape index (κ3) is 4.30. The number of aromatic nitrogens is 2. The lowest BCUT2D eigenvalue weighted by Crippen LogP contribution is -2.16. The van der Waals surface area contributed by atoms with Gasteiger partial charge in [0.2, 0.25) is 5.95 Å². The zero-order valence-corrected chi connectivity index (χ0v) is 8.40. The first kappa shape index (κ1) is 13.9. The first-order valence-electron chi connectivity index (χ1n) is 3.88. The van der Waals surface area contributed by atoms with Crippen LogP contribution >= 0.6 is 12.4 Å².